The summed E-state index contributed by atoms with van der Waals surface area (Å²) in [4.78, 5) is 12.1. The molecule has 5 nitrogen and oxygen atoms in total. The third-order valence-electron chi connectivity index (χ3n) is 3.81. The van der Waals surface area contributed by atoms with Crippen molar-refractivity contribution in [3.8, 4) is 17.4 Å². The predicted octanol–water partition coefficient (Wildman–Crippen LogP) is 3.28. The van der Waals surface area contributed by atoms with Crippen LogP contribution in [0.4, 0.5) is 0 Å². The van der Waals surface area contributed by atoms with Crippen molar-refractivity contribution in [2.75, 3.05) is 6.54 Å². The van der Waals surface area contributed by atoms with Gasteiger partial charge in [0.15, 0.2) is 0 Å². The smallest absolute Gasteiger partial charge is 0.251 e. The van der Waals surface area contributed by atoms with Gasteiger partial charge in [-0.1, -0.05) is 30.3 Å². The number of rotatable bonds is 5. The molecule has 0 saturated heterocycles. The molecule has 0 aliphatic rings. The van der Waals surface area contributed by atoms with Crippen molar-refractivity contribution in [2.24, 2.45) is 0 Å². The Morgan fingerprint density at radius 3 is 2.64 bits per heavy atom. The Kier molecular flexibility index (Phi) is 4.93. The highest BCUT2D eigenvalue weighted by molar-refractivity contribution is 5.94. The van der Waals surface area contributed by atoms with Gasteiger partial charge in [-0.05, 0) is 35.9 Å². The number of hydrogen-bond acceptors (Lipinski definition) is 4. The summed E-state index contributed by atoms with van der Waals surface area (Å²) < 4.78 is 5.32. The van der Waals surface area contributed by atoms with E-state index < -0.39 is 6.10 Å². The van der Waals surface area contributed by atoms with Crippen molar-refractivity contribution in [3.05, 3.63) is 83.6 Å². The van der Waals surface area contributed by atoms with Crippen LogP contribution in [0.3, 0.4) is 0 Å². The van der Waals surface area contributed by atoms with Crippen LogP contribution in [0.2, 0.25) is 0 Å². The Morgan fingerprint density at radius 2 is 1.96 bits per heavy atom. The summed E-state index contributed by atoms with van der Waals surface area (Å²) in [5.74, 6) is 0.426. The van der Waals surface area contributed by atoms with E-state index in [9.17, 15) is 9.90 Å². The third kappa shape index (κ3) is 3.94. The molecule has 0 fully saturated rings. The molecule has 2 aromatic carbocycles. The summed E-state index contributed by atoms with van der Waals surface area (Å²) in [5, 5.41) is 21.8. The number of carbonyl (C=O) groups is 1. The molecule has 1 atom stereocenters. The number of hydrogen-bond donors (Lipinski definition) is 2. The number of aliphatic hydroxyl groups is 1. The van der Waals surface area contributed by atoms with Crippen LogP contribution in [0.15, 0.2) is 71.3 Å². The Hall–Kier alpha value is -3.36. The van der Waals surface area contributed by atoms with E-state index in [1.807, 2.05) is 30.3 Å². The number of carbonyl (C=O) groups excluding carboxylic acids is 1. The van der Waals surface area contributed by atoms with Gasteiger partial charge in [0.1, 0.15) is 5.76 Å². The number of nitrogens with zero attached hydrogens (tertiary/aromatic N) is 1. The topological polar surface area (TPSA) is 86.3 Å². The minimum atomic E-state index is -0.825. The van der Waals surface area contributed by atoms with Crippen LogP contribution >= 0.6 is 0 Å². The molecule has 3 aromatic rings. The molecule has 0 saturated carbocycles. The minimum Gasteiger partial charge on any atom is -0.464 e. The van der Waals surface area contributed by atoms with Crippen molar-refractivity contribution < 1.29 is 14.3 Å². The van der Waals surface area contributed by atoms with Gasteiger partial charge in [0, 0.05) is 17.7 Å². The molecule has 2 N–H and O–H groups in total. The summed E-state index contributed by atoms with van der Waals surface area (Å²) in [6.07, 6.45) is 0.781. The SMILES string of the molecule is N#Cc1cccc(C(=O)NC[C@H](O)c2ccc(-c3ccco3)cc2)c1. The molecule has 0 spiro atoms. The van der Waals surface area contributed by atoms with Crippen LogP contribution in [-0.4, -0.2) is 17.6 Å². The van der Waals surface area contributed by atoms with E-state index in [0.29, 0.717) is 16.7 Å². The second-order valence-corrected chi connectivity index (χ2v) is 5.52. The van der Waals surface area contributed by atoms with Gasteiger partial charge in [-0.25, -0.2) is 0 Å². The summed E-state index contributed by atoms with van der Waals surface area (Å²) in [5.41, 5.74) is 2.42. The fourth-order valence-corrected chi connectivity index (χ4v) is 2.45. The van der Waals surface area contributed by atoms with Crippen molar-refractivity contribution in [2.45, 2.75) is 6.10 Å². The van der Waals surface area contributed by atoms with Gasteiger partial charge >= 0.3 is 0 Å². The fraction of sp³-hybridized carbons (Fsp3) is 0.100. The second kappa shape index (κ2) is 7.47. The molecule has 0 bridgehead atoms. The first-order valence-corrected chi connectivity index (χ1v) is 7.77. The quantitative estimate of drug-likeness (QED) is 0.751. The predicted molar refractivity (Wildman–Crippen MR) is 92.6 cm³/mol. The first kappa shape index (κ1) is 16.5. The van der Waals surface area contributed by atoms with E-state index >= 15 is 0 Å². The van der Waals surface area contributed by atoms with Crippen LogP contribution in [0.5, 0.6) is 0 Å². The minimum absolute atomic E-state index is 0.0791. The molecule has 1 aromatic heterocycles. The lowest BCUT2D eigenvalue weighted by Gasteiger charge is -2.13. The lowest BCUT2D eigenvalue weighted by Crippen LogP contribution is -2.28. The zero-order chi connectivity index (χ0) is 17.6. The van der Waals surface area contributed by atoms with Crippen molar-refractivity contribution in [1.29, 1.82) is 5.26 Å². The Morgan fingerprint density at radius 1 is 1.16 bits per heavy atom. The average molecular weight is 332 g/mol. The number of nitrogens with one attached hydrogen (secondary N) is 1. The second-order valence-electron chi connectivity index (χ2n) is 5.52. The standard InChI is InChI=1S/C20H16N2O3/c21-12-14-3-1-4-17(11-14)20(24)22-13-18(23)15-6-8-16(9-7-15)19-5-2-10-25-19/h1-11,18,23H,13H2,(H,22,24)/t18-/m0/s1. The van der Waals surface area contributed by atoms with E-state index in [4.69, 9.17) is 9.68 Å². The first-order valence-electron chi connectivity index (χ1n) is 7.77. The van der Waals surface area contributed by atoms with Crippen molar-refractivity contribution >= 4 is 5.91 Å². The highest BCUT2D eigenvalue weighted by Gasteiger charge is 2.12. The number of furan rings is 1. The lowest BCUT2D eigenvalue weighted by molar-refractivity contribution is 0.0916. The molecule has 0 radical (unpaired) electrons. The van der Waals surface area contributed by atoms with E-state index in [0.717, 1.165) is 11.3 Å². The van der Waals surface area contributed by atoms with E-state index in [-0.39, 0.29) is 12.5 Å². The van der Waals surface area contributed by atoms with Crippen molar-refractivity contribution in [1.82, 2.24) is 5.32 Å². The van der Waals surface area contributed by atoms with Crippen LogP contribution in [0.1, 0.15) is 27.6 Å². The molecule has 1 amide bonds. The van der Waals surface area contributed by atoms with Crippen LogP contribution in [-0.2, 0) is 0 Å². The number of nitriles is 1. The molecule has 25 heavy (non-hydrogen) atoms. The van der Waals surface area contributed by atoms with E-state index in [1.165, 1.54) is 6.07 Å². The van der Waals surface area contributed by atoms with Gasteiger partial charge in [0.2, 0.25) is 0 Å². The van der Waals surface area contributed by atoms with Crippen LogP contribution < -0.4 is 5.32 Å². The summed E-state index contributed by atoms with van der Waals surface area (Å²) in [7, 11) is 0. The fourth-order valence-electron chi connectivity index (χ4n) is 2.45. The normalized spacial score (nSPS) is 11.5. The highest BCUT2D eigenvalue weighted by atomic mass is 16.3. The lowest BCUT2D eigenvalue weighted by atomic mass is 10.1. The van der Waals surface area contributed by atoms with Crippen LogP contribution in [0.25, 0.3) is 11.3 Å². The third-order valence-corrected chi connectivity index (χ3v) is 3.81. The van der Waals surface area contributed by atoms with Gasteiger partial charge in [-0.2, -0.15) is 5.26 Å². The molecular weight excluding hydrogens is 316 g/mol. The molecule has 0 aliphatic carbocycles. The maximum absolute atomic E-state index is 12.1. The molecule has 1 heterocycles. The molecule has 0 aliphatic heterocycles. The molecule has 124 valence electrons. The molecule has 3 rings (SSSR count). The molecular formula is C20H16N2O3. The summed E-state index contributed by atoms with van der Waals surface area (Å²) in [6.45, 7) is 0.0791. The monoisotopic (exact) mass is 332 g/mol. The van der Waals surface area contributed by atoms with Gasteiger partial charge in [0.25, 0.3) is 5.91 Å². The molecule has 5 heteroatoms. The number of benzene rings is 2. The highest BCUT2D eigenvalue weighted by Crippen LogP contribution is 2.22. The molecule has 0 unspecified atom stereocenters. The van der Waals surface area contributed by atoms with Crippen molar-refractivity contribution in [3.63, 3.8) is 0 Å². The van der Waals surface area contributed by atoms with E-state index in [2.05, 4.69) is 5.32 Å². The number of aliphatic hydroxyl groups excluding tert-OH is 1. The maximum Gasteiger partial charge on any atom is 0.251 e. The number of amides is 1. The van der Waals surface area contributed by atoms with Gasteiger partial charge in [0.05, 0.1) is 24.0 Å². The average Bonchev–Trinajstić information content (AvgIpc) is 3.20. The van der Waals surface area contributed by atoms with Gasteiger partial charge in [-0.15, -0.1) is 0 Å². The van der Waals surface area contributed by atoms with Gasteiger partial charge in [-0.3, -0.25) is 4.79 Å². The first-order chi connectivity index (χ1) is 12.2. The van der Waals surface area contributed by atoms with Crippen LogP contribution in [0, 0.1) is 11.3 Å². The Labute approximate surface area is 145 Å². The Balaban J connectivity index is 1.61. The summed E-state index contributed by atoms with van der Waals surface area (Å²) in [6, 6.07) is 19.4. The zero-order valence-electron chi connectivity index (χ0n) is 13.3. The van der Waals surface area contributed by atoms with E-state index in [1.54, 1.807) is 36.6 Å². The largest absolute Gasteiger partial charge is 0.464 e. The maximum atomic E-state index is 12.1. The zero-order valence-corrected chi connectivity index (χ0v) is 13.3. The van der Waals surface area contributed by atoms with Gasteiger partial charge < -0.3 is 14.8 Å². The summed E-state index contributed by atoms with van der Waals surface area (Å²) >= 11 is 0. The Bertz CT molecular complexity index is 893.